The molecule has 0 aliphatic rings. The Bertz CT molecular complexity index is 1610. The van der Waals surface area contributed by atoms with E-state index in [1.165, 1.54) is 0 Å². The third-order valence-corrected chi connectivity index (χ3v) is 5.89. The van der Waals surface area contributed by atoms with Crippen molar-refractivity contribution in [3.05, 3.63) is 137 Å². The van der Waals surface area contributed by atoms with Gasteiger partial charge in [0.2, 0.25) is 15.9 Å². The Balaban J connectivity index is 0.000000155. The summed E-state index contributed by atoms with van der Waals surface area (Å²) in [5, 5.41) is 17.6. The Kier molecular flexibility index (Phi) is 11.5. The summed E-state index contributed by atoms with van der Waals surface area (Å²) in [7, 11) is -1.34. The molecule has 0 amide bonds. The highest BCUT2D eigenvalue weighted by molar-refractivity contribution is 6.58. The van der Waals surface area contributed by atoms with Crippen molar-refractivity contribution in [1.29, 1.82) is 0 Å². The van der Waals surface area contributed by atoms with Gasteiger partial charge in [-0.2, -0.15) is 24.9 Å². The van der Waals surface area contributed by atoms with E-state index in [0.717, 1.165) is 16.7 Å². The highest BCUT2D eigenvalue weighted by atomic mass is 35.5. The fourth-order valence-corrected chi connectivity index (χ4v) is 3.97. The van der Waals surface area contributed by atoms with E-state index in [0.29, 0.717) is 22.9 Å². The number of aromatic nitrogens is 6. The number of nitrogens with zero attached hydrogens (tertiary/aromatic N) is 6. The zero-order chi connectivity index (χ0) is 29.7. The van der Waals surface area contributed by atoms with Gasteiger partial charge in [0, 0.05) is 16.7 Å². The number of benzene rings is 4. The van der Waals surface area contributed by atoms with Crippen molar-refractivity contribution in [2.75, 3.05) is 0 Å². The lowest BCUT2D eigenvalue weighted by atomic mass is 9.81. The zero-order valence-electron chi connectivity index (χ0n) is 21.8. The molecule has 0 radical (unpaired) electrons. The summed E-state index contributed by atoms with van der Waals surface area (Å²) < 4.78 is 0. The van der Waals surface area contributed by atoms with E-state index < -0.39 is 7.12 Å². The summed E-state index contributed by atoms with van der Waals surface area (Å²) in [6.07, 6.45) is 0. The van der Waals surface area contributed by atoms with Gasteiger partial charge in [0.1, 0.15) is 0 Å². The van der Waals surface area contributed by atoms with E-state index in [-0.39, 0.29) is 15.9 Å². The van der Waals surface area contributed by atoms with Crippen LogP contribution in [0, 0.1) is 0 Å². The Morgan fingerprint density at radius 2 is 0.667 bits per heavy atom. The number of rotatable bonds is 4. The van der Waals surface area contributed by atoms with Gasteiger partial charge in [-0.25, -0.2) is 4.98 Å². The predicted molar refractivity (Wildman–Crippen MR) is 167 cm³/mol. The molecule has 8 nitrogen and oxygen atoms in total. The molecule has 6 aromatic rings. The van der Waals surface area contributed by atoms with E-state index in [9.17, 15) is 0 Å². The SMILES string of the molecule is Clc1nc(-c2ccccc2)nc(-c2ccccc2)n1.Clc1nc(Cl)nc(-c2ccccc2)n1.OB(O)c1ccccc1. The molecule has 0 saturated carbocycles. The van der Waals surface area contributed by atoms with Crippen LogP contribution in [0.5, 0.6) is 0 Å². The van der Waals surface area contributed by atoms with Gasteiger partial charge in [0.25, 0.3) is 0 Å². The molecule has 2 aromatic heterocycles. The fourth-order valence-electron chi connectivity index (χ4n) is 3.45. The summed E-state index contributed by atoms with van der Waals surface area (Å²) in [5.74, 6) is 1.65. The van der Waals surface area contributed by atoms with Crippen molar-refractivity contribution < 1.29 is 10.0 Å². The smallest absolute Gasteiger partial charge is 0.423 e. The average molecular weight is 616 g/mol. The second-order valence-corrected chi connectivity index (χ2v) is 9.35. The summed E-state index contributed by atoms with van der Waals surface area (Å²) in [6.45, 7) is 0. The Morgan fingerprint density at radius 1 is 0.381 bits per heavy atom. The molecule has 0 unspecified atom stereocenters. The Morgan fingerprint density at radius 3 is 0.976 bits per heavy atom. The van der Waals surface area contributed by atoms with E-state index in [1.807, 2.05) is 97.1 Å². The summed E-state index contributed by atoms with van der Waals surface area (Å²) in [6, 6.07) is 37.5. The number of halogens is 3. The van der Waals surface area contributed by atoms with Crippen LogP contribution in [0.15, 0.2) is 121 Å². The van der Waals surface area contributed by atoms with E-state index in [4.69, 9.17) is 44.9 Å². The molecule has 42 heavy (non-hydrogen) atoms. The number of hydrogen-bond donors (Lipinski definition) is 2. The minimum absolute atomic E-state index is 0.101. The van der Waals surface area contributed by atoms with Crippen LogP contribution in [-0.2, 0) is 0 Å². The average Bonchev–Trinajstić information content (AvgIpc) is 3.03. The molecule has 0 saturated heterocycles. The highest BCUT2D eigenvalue weighted by Gasteiger charge is 2.09. The topological polar surface area (TPSA) is 118 Å². The largest absolute Gasteiger partial charge is 0.488 e. The second-order valence-electron chi connectivity index (χ2n) is 8.33. The quantitative estimate of drug-likeness (QED) is 0.230. The van der Waals surface area contributed by atoms with Crippen LogP contribution in [-0.4, -0.2) is 47.1 Å². The van der Waals surface area contributed by atoms with Gasteiger partial charge in [-0.3, -0.25) is 0 Å². The molecule has 0 aliphatic carbocycles. The molecule has 0 aliphatic heterocycles. The molecule has 2 N–H and O–H groups in total. The van der Waals surface area contributed by atoms with Crippen molar-refractivity contribution in [3.63, 3.8) is 0 Å². The second kappa shape index (κ2) is 15.7. The molecular formula is C30H22BCl3N6O2. The summed E-state index contributed by atoms with van der Waals surface area (Å²) >= 11 is 17.3. The molecule has 4 aromatic carbocycles. The molecule has 2 heterocycles. The fraction of sp³-hybridized carbons (Fsp3) is 0. The van der Waals surface area contributed by atoms with Crippen LogP contribution < -0.4 is 5.46 Å². The van der Waals surface area contributed by atoms with Crippen LogP contribution in [0.25, 0.3) is 34.2 Å². The third kappa shape index (κ3) is 9.41. The van der Waals surface area contributed by atoms with Crippen LogP contribution >= 0.6 is 34.8 Å². The molecule has 0 bridgehead atoms. The minimum Gasteiger partial charge on any atom is -0.423 e. The zero-order valence-corrected chi connectivity index (χ0v) is 24.1. The van der Waals surface area contributed by atoms with Gasteiger partial charge in [-0.1, -0.05) is 121 Å². The molecule has 12 heteroatoms. The first kappa shape index (κ1) is 30.7. The standard InChI is InChI=1S/C15H10ClN3.C9H5Cl2N3.C6H7BO2/c16-15-18-13(11-7-3-1-4-8-11)17-14(19-15)12-9-5-2-6-10-12;10-8-12-7(13-9(11)14-8)6-4-2-1-3-5-6;8-7(9)6-4-2-1-3-5-6/h1-10H;1-5H;1-5,8-9H. The Labute approximate surface area is 257 Å². The van der Waals surface area contributed by atoms with Gasteiger partial charge in [-0.05, 0) is 40.3 Å². The maximum Gasteiger partial charge on any atom is 0.488 e. The third-order valence-electron chi connectivity index (χ3n) is 5.38. The molecule has 0 spiro atoms. The molecule has 208 valence electrons. The minimum atomic E-state index is -1.34. The maximum atomic E-state index is 8.58. The summed E-state index contributed by atoms with van der Waals surface area (Å²) in [5.41, 5.74) is 3.23. The number of hydrogen-bond acceptors (Lipinski definition) is 8. The maximum absolute atomic E-state index is 8.58. The molecule has 0 fully saturated rings. The van der Waals surface area contributed by atoms with Crippen molar-refractivity contribution in [3.8, 4) is 34.2 Å². The Hall–Kier alpha value is -4.25. The highest BCUT2D eigenvalue weighted by Crippen LogP contribution is 2.21. The predicted octanol–water partition coefficient (Wildman–Crippen LogP) is 6.07. The first-order valence-corrected chi connectivity index (χ1v) is 13.6. The van der Waals surface area contributed by atoms with Crippen molar-refractivity contribution >= 4 is 47.4 Å². The van der Waals surface area contributed by atoms with E-state index in [1.54, 1.807) is 24.3 Å². The molecule has 6 rings (SSSR count). The van der Waals surface area contributed by atoms with Crippen molar-refractivity contribution in [1.82, 2.24) is 29.9 Å². The van der Waals surface area contributed by atoms with Gasteiger partial charge in [-0.15, -0.1) is 0 Å². The lowest BCUT2D eigenvalue weighted by Crippen LogP contribution is -2.29. The normalized spacial score (nSPS) is 10.0. The van der Waals surface area contributed by atoms with E-state index >= 15 is 0 Å². The van der Waals surface area contributed by atoms with Crippen molar-refractivity contribution in [2.45, 2.75) is 0 Å². The van der Waals surface area contributed by atoms with Crippen LogP contribution in [0.1, 0.15) is 0 Å². The van der Waals surface area contributed by atoms with E-state index in [2.05, 4.69) is 29.9 Å². The van der Waals surface area contributed by atoms with Crippen LogP contribution in [0.2, 0.25) is 15.9 Å². The monoisotopic (exact) mass is 614 g/mol. The van der Waals surface area contributed by atoms with Gasteiger partial charge in [0.15, 0.2) is 17.5 Å². The van der Waals surface area contributed by atoms with Gasteiger partial charge < -0.3 is 10.0 Å². The van der Waals surface area contributed by atoms with Crippen LogP contribution in [0.4, 0.5) is 0 Å². The van der Waals surface area contributed by atoms with Gasteiger partial charge >= 0.3 is 7.12 Å². The first-order valence-electron chi connectivity index (χ1n) is 12.4. The lowest BCUT2D eigenvalue weighted by molar-refractivity contribution is 0.426. The van der Waals surface area contributed by atoms with Crippen LogP contribution in [0.3, 0.4) is 0 Å². The lowest BCUT2D eigenvalue weighted by Gasteiger charge is -2.04. The summed E-state index contributed by atoms with van der Waals surface area (Å²) in [4.78, 5) is 24.4. The van der Waals surface area contributed by atoms with Crippen molar-refractivity contribution in [2.24, 2.45) is 0 Å². The molecule has 0 atom stereocenters. The first-order chi connectivity index (χ1) is 20.4. The molecular weight excluding hydrogens is 594 g/mol. The van der Waals surface area contributed by atoms with Gasteiger partial charge in [0.05, 0.1) is 0 Å².